The monoisotopic (exact) mass is 269 g/mol. The van der Waals surface area contributed by atoms with Gasteiger partial charge in [-0.05, 0) is 36.1 Å². The lowest BCUT2D eigenvalue weighted by Crippen LogP contribution is -2.11. The standard InChI is InChI=1S/C16H19N3O/c1-10(2)12-5-4-11(3)14(8-12)20-15-9-13(16(17)18)6-7-19-15/h4-10H,1-3H3,(H3,17,18). The molecule has 1 heterocycles. The summed E-state index contributed by atoms with van der Waals surface area (Å²) in [5.41, 5.74) is 8.34. The number of amidine groups is 1. The molecule has 3 N–H and O–H groups in total. The van der Waals surface area contributed by atoms with Gasteiger partial charge in [-0.2, -0.15) is 0 Å². The second-order valence-corrected chi connectivity index (χ2v) is 5.08. The van der Waals surface area contributed by atoms with Gasteiger partial charge in [0.15, 0.2) is 0 Å². The molecule has 2 aromatic rings. The van der Waals surface area contributed by atoms with Crippen LogP contribution in [0.15, 0.2) is 36.5 Å². The Labute approximate surface area is 119 Å². The van der Waals surface area contributed by atoms with E-state index in [1.54, 1.807) is 18.3 Å². The Morgan fingerprint density at radius 2 is 2.00 bits per heavy atom. The van der Waals surface area contributed by atoms with Gasteiger partial charge in [-0.3, -0.25) is 5.41 Å². The van der Waals surface area contributed by atoms with Crippen molar-refractivity contribution in [1.82, 2.24) is 4.98 Å². The van der Waals surface area contributed by atoms with Crippen LogP contribution in [0.3, 0.4) is 0 Å². The van der Waals surface area contributed by atoms with E-state index in [4.69, 9.17) is 15.9 Å². The maximum Gasteiger partial charge on any atom is 0.219 e. The Kier molecular flexibility index (Phi) is 4.03. The van der Waals surface area contributed by atoms with Crippen molar-refractivity contribution in [2.45, 2.75) is 26.7 Å². The molecule has 0 amide bonds. The SMILES string of the molecule is Cc1ccc(C(C)C)cc1Oc1cc(C(=N)N)ccn1. The molecule has 1 aromatic carbocycles. The lowest BCUT2D eigenvalue weighted by Gasteiger charge is -2.12. The maximum absolute atomic E-state index is 7.44. The molecule has 4 nitrogen and oxygen atoms in total. The van der Waals surface area contributed by atoms with Gasteiger partial charge in [-0.25, -0.2) is 4.98 Å². The number of hydrogen-bond donors (Lipinski definition) is 2. The van der Waals surface area contributed by atoms with Gasteiger partial charge in [0.25, 0.3) is 0 Å². The van der Waals surface area contributed by atoms with Crippen LogP contribution in [0, 0.1) is 12.3 Å². The average molecular weight is 269 g/mol. The number of nitrogen functional groups attached to an aromatic ring is 1. The Balaban J connectivity index is 2.32. The molecule has 0 aliphatic carbocycles. The molecule has 4 heteroatoms. The van der Waals surface area contributed by atoms with Crippen molar-refractivity contribution >= 4 is 5.84 Å². The first-order valence-electron chi connectivity index (χ1n) is 6.56. The molecule has 0 bridgehead atoms. The minimum Gasteiger partial charge on any atom is -0.439 e. The molecule has 0 aliphatic rings. The summed E-state index contributed by atoms with van der Waals surface area (Å²) in [5, 5.41) is 7.44. The largest absolute Gasteiger partial charge is 0.439 e. The quantitative estimate of drug-likeness (QED) is 0.658. The molecule has 0 spiro atoms. The van der Waals surface area contributed by atoms with Gasteiger partial charge in [0.2, 0.25) is 5.88 Å². The van der Waals surface area contributed by atoms with E-state index in [0.717, 1.165) is 11.3 Å². The molecule has 1 aromatic heterocycles. The van der Waals surface area contributed by atoms with Gasteiger partial charge in [-0.1, -0.05) is 26.0 Å². The van der Waals surface area contributed by atoms with Crippen molar-refractivity contribution in [2.75, 3.05) is 0 Å². The zero-order chi connectivity index (χ0) is 14.7. The van der Waals surface area contributed by atoms with Gasteiger partial charge in [0.05, 0.1) is 0 Å². The van der Waals surface area contributed by atoms with Crippen molar-refractivity contribution in [3.8, 4) is 11.6 Å². The molecule has 20 heavy (non-hydrogen) atoms. The number of hydrogen-bond acceptors (Lipinski definition) is 3. The highest BCUT2D eigenvalue weighted by atomic mass is 16.5. The molecule has 0 unspecified atom stereocenters. The van der Waals surface area contributed by atoms with Crippen molar-refractivity contribution in [3.05, 3.63) is 53.2 Å². The number of benzene rings is 1. The van der Waals surface area contributed by atoms with Gasteiger partial charge >= 0.3 is 0 Å². The van der Waals surface area contributed by atoms with Crippen LogP contribution < -0.4 is 10.5 Å². The first-order chi connectivity index (χ1) is 9.47. The maximum atomic E-state index is 7.44. The van der Waals surface area contributed by atoms with E-state index in [0.29, 0.717) is 17.4 Å². The van der Waals surface area contributed by atoms with Crippen molar-refractivity contribution < 1.29 is 4.74 Å². The Morgan fingerprint density at radius 3 is 2.65 bits per heavy atom. The summed E-state index contributed by atoms with van der Waals surface area (Å²) in [7, 11) is 0. The number of nitrogens with one attached hydrogen (secondary N) is 1. The number of nitrogens with two attached hydrogens (primary N) is 1. The fourth-order valence-electron chi connectivity index (χ4n) is 1.83. The first kappa shape index (κ1) is 14.1. The highest BCUT2D eigenvalue weighted by molar-refractivity contribution is 5.95. The third-order valence-corrected chi connectivity index (χ3v) is 3.14. The van der Waals surface area contributed by atoms with Crippen molar-refractivity contribution in [1.29, 1.82) is 5.41 Å². The van der Waals surface area contributed by atoms with Gasteiger partial charge in [-0.15, -0.1) is 0 Å². The number of ether oxygens (including phenoxy) is 1. The van der Waals surface area contributed by atoms with E-state index in [1.165, 1.54) is 5.56 Å². The predicted molar refractivity (Wildman–Crippen MR) is 80.6 cm³/mol. The van der Waals surface area contributed by atoms with Crippen LogP contribution in [0.1, 0.15) is 36.5 Å². The molecule has 104 valence electrons. The van der Waals surface area contributed by atoms with E-state index in [9.17, 15) is 0 Å². The Hall–Kier alpha value is -2.36. The fraction of sp³-hybridized carbons (Fsp3) is 0.250. The summed E-state index contributed by atoms with van der Waals surface area (Å²) in [6.45, 7) is 6.28. The molecular formula is C16H19N3O. The number of aryl methyl sites for hydroxylation is 1. The van der Waals surface area contributed by atoms with Crippen LogP contribution in [0.4, 0.5) is 0 Å². The zero-order valence-electron chi connectivity index (χ0n) is 12.0. The Bertz CT molecular complexity index is 635. The minimum absolute atomic E-state index is 0.00454. The van der Waals surface area contributed by atoms with Crippen LogP contribution in [-0.4, -0.2) is 10.8 Å². The predicted octanol–water partition coefficient (Wildman–Crippen LogP) is 3.59. The van der Waals surface area contributed by atoms with Crippen molar-refractivity contribution in [3.63, 3.8) is 0 Å². The second-order valence-electron chi connectivity index (χ2n) is 5.08. The molecule has 0 atom stereocenters. The minimum atomic E-state index is 0.00454. The third-order valence-electron chi connectivity index (χ3n) is 3.14. The van der Waals surface area contributed by atoms with Crippen molar-refractivity contribution in [2.24, 2.45) is 5.73 Å². The lowest BCUT2D eigenvalue weighted by atomic mass is 10.0. The van der Waals surface area contributed by atoms with E-state index in [2.05, 4.69) is 24.9 Å². The average Bonchev–Trinajstić information content (AvgIpc) is 2.41. The number of nitrogens with zero attached hydrogens (tertiary/aromatic N) is 1. The molecular weight excluding hydrogens is 250 g/mol. The number of aromatic nitrogens is 1. The third kappa shape index (κ3) is 3.15. The summed E-state index contributed by atoms with van der Waals surface area (Å²) in [6, 6.07) is 9.53. The van der Waals surface area contributed by atoms with Gasteiger partial charge in [0, 0.05) is 17.8 Å². The molecule has 0 saturated carbocycles. The van der Waals surface area contributed by atoms with E-state index < -0.39 is 0 Å². The van der Waals surface area contributed by atoms with Crippen LogP contribution >= 0.6 is 0 Å². The van der Waals surface area contributed by atoms with Gasteiger partial charge < -0.3 is 10.5 Å². The fourth-order valence-corrected chi connectivity index (χ4v) is 1.83. The smallest absolute Gasteiger partial charge is 0.219 e. The summed E-state index contributed by atoms with van der Waals surface area (Å²) in [4.78, 5) is 4.16. The summed E-state index contributed by atoms with van der Waals surface area (Å²) >= 11 is 0. The van der Waals surface area contributed by atoms with E-state index in [-0.39, 0.29) is 5.84 Å². The molecule has 0 saturated heterocycles. The van der Waals surface area contributed by atoms with Crippen LogP contribution in [-0.2, 0) is 0 Å². The molecule has 0 aliphatic heterocycles. The Morgan fingerprint density at radius 1 is 1.25 bits per heavy atom. The zero-order valence-corrected chi connectivity index (χ0v) is 12.0. The normalized spacial score (nSPS) is 10.6. The number of pyridine rings is 1. The van der Waals surface area contributed by atoms with Crippen LogP contribution in [0.2, 0.25) is 0 Å². The van der Waals surface area contributed by atoms with Crippen LogP contribution in [0.25, 0.3) is 0 Å². The molecule has 2 rings (SSSR count). The lowest BCUT2D eigenvalue weighted by molar-refractivity contribution is 0.458. The summed E-state index contributed by atoms with van der Waals surface area (Å²) < 4.78 is 5.83. The van der Waals surface area contributed by atoms with Crippen LogP contribution in [0.5, 0.6) is 11.6 Å². The topological polar surface area (TPSA) is 72.0 Å². The first-order valence-corrected chi connectivity index (χ1v) is 6.56. The van der Waals surface area contributed by atoms with Gasteiger partial charge in [0.1, 0.15) is 11.6 Å². The summed E-state index contributed by atoms with van der Waals surface area (Å²) in [6.07, 6.45) is 1.59. The summed E-state index contributed by atoms with van der Waals surface area (Å²) in [5.74, 6) is 1.67. The second kappa shape index (κ2) is 5.74. The molecule has 0 radical (unpaired) electrons. The highest BCUT2D eigenvalue weighted by Gasteiger charge is 2.07. The number of rotatable bonds is 4. The van der Waals surface area contributed by atoms with E-state index >= 15 is 0 Å². The highest BCUT2D eigenvalue weighted by Crippen LogP contribution is 2.28. The molecule has 0 fully saturated rings. The van der Waals surface area contributed by atoms with E-state index in [1.807, 2.05) is 19.1 Å².